The Morgan fingerprint density at radius 3 is 2.56 bits per heavy atom. The first kappa shape index (κ1) is 12.8. The van der Waals surface area contributed by atoms with Crippen molar-refractivity contribution < 1.29 is 0 Å². The van der Waals surface area contributed by atoms with Crippen molar-refractivity contribution in [2.45, 2.75) is 40.0 Å². The van der Waals surface area contributed by atoms with Gasteiger partial charge in [0.05, 0.1) is 0 Å². The van der Waals surface area contributed by atoms with E-state index >= 15 is 0 Å². The average molecular weight is 239 g/mol. The van der Waals surface area contributed by atoms with E-state index in [0.717, 1.165) is 11.4 Å². The van der Waals surface area contributed by atoms with Gasteiger partial charge < -0.3 is 0 Å². The highest BCUT2D eigenvalue weighted by molar-refractivity contribution is 5.66. The molecule has 18 heavy (non-hydrogen) atoms. The number of hydrogen-bond donors (Lipinski definition) is 0. The first-order chi connectivity index (χ1) is 8.61. The van der Waals surface area contributed by atoms with Gasteiger partial charge in [0.1, 0.15) is 0 Å². The SMILES string of the molecule is CCC(C)c1cccc(-c2ccc(C)nc2C)c1. The second-order valence-electron chi connectivity index (χ2n) is 5.02. The van der Waals surface area contributed by atoms with Crippen LogP contribution in [0.1, 0.15) is 43.1 Å². The first-order valence-electron chi connectivity index (χ1n) is 6.66. The zero-order valence-electron chi connectivity index (χ0n) is 11.7. The van der Waals surface area contributed by atoms with Crippen LogP contribution < -0.4 is 0 Å². The van der Waals surface area contributed by atoms with E-state index in [1.54, 1.807) is 0 Å². The van der Waals surface area contributed by atoms with Crippen LogP contribution in [-0.4, -0.2) is 4.98 Å². The zero-order valence-corrected chi connectivity index (χ0v) is 11.7. The molecule has 0 spiro atoms. The number of rotatable bonds is 3. The van der Waals surface area contributed by atoms with Crippen LogP contribution in [0.15, 0.2) is 36.4 Å². The molecule has 2 rings (SSSR count). The van der Waals surface area contributed by atoms with Gasteiger partial charge >= 0.3 is 0 Å². The van der Waals surface area contributed by atoms with Crippen molar-refractivity contribution >= 4 is 0 Å². The first-order valence-corrected chi connectivity index (χ1v) is 6.66. The second-order valence-corrected chi connectivity index (χ2v) is 5.02. The van der Waals surface area contributed by atoms with Crippen molar-refractivity contribution in [2.24, 2.45) is 0 Å². The molecule has 0 aliphatic carbocycles. The summed E-state index contributed by atoms with van der Waals surface area (Å²) in [6.07, 6.45) is 1.18. The molecule has 0 N–H and O–H groups in total. The van der Waals surface area contributed by atoms with Crippen LogP contribution in [0.2, 0.25) is 0 Å². The number of pyridine rings is 1. The van der Waals surface area contributed by atoms with Crippen LogP contribution in [0.4, 0.5) is 0 Å². The second kappa shape index (κ2) is 5.34. The molecule has 1 aromatic carbocycles. The number of benzene rings is 1. The zero-order chi connectivity index (χ0) is 13.1. The van der Waals surface area contributed by atoms with E-state index < -0.39 is 0 Å². The maximum atomic E-state index is 4.54. The molecular formula is C17H21N. The third kappa shape index (κ3) is 2.61. The minimum atomic E-state index is 0.615. The number of aryl methyl sites for hydroxylation is 2. The molecule has 0 aliphatic rings. The Morgan fingerprint density at radius 1 is 1.11 bits per heavy atom. The molecule has 2 aromatic rings. The van der Waals surface area contributed by atoms with Gasteiger partial charge in [-0.2, -0.15) is 0 Å². The third-order valence-electron chi connectivity index (χ3n) is 3.60. The molecule has 0 fully saturated rings. The van der Waals surface area contributed by atoms with Crippen molar-refractivity contribution in [3.63, 3.8) is 0 Å². The minimum absolute atomic E-state index is 0.615. The molecule has 1 heterocycles. The molecular weight excluding hydrogens is 218 g/mol. The van der Waals surface area contributed by atoms with Crippen LogP contribution in [0, 0.1) is 13.8 Å². The Labute approximate surface area is 110 Å². The fraction of sp³-hybridized carbons (Fsp3) is 0.353. The fourth-order valence-corrected chi connectivity index (χ4v) is 2.24. The monoisotopic (exact) mass is 239 g/mol. The van der Waals surface area contributed by atoms with Gasteiger partial charge in [0.2, 0.25) is 0 Å². The lowest BCUT2D eigenvalue weighted by atomic mass is 9.94. The molecule has 0 saturated heterocycles. The summed E-state index contributed by atoms with van der Waals surface area (Å²) in [6.45, 7) is 8.63. The lowest BCUT2D eigenvalue weighted by Gasteiger charge is -2.12. The van der Waals surface area contributed by atoms with Crippen molar-refractivity contribution in [3.8, 4) is 11.1 Å². The maximum Gasteiger partial charge on any atom is 0.0454 e. The Morgan fingerprint density at radius 2 is 1.89 bits per heavy atom. The standard InChI is InChI=1S/C17H21N/c1-5-12(2)15-7-6-8-16(11-15)17-10-9-13(3)18-14(17)4/h6-12H,5H2,1-4H3. The smallest absolute Gasteiger partial charge is 0.0454 e. The Hall–Kier alpha value is -1.63. The summed E-state index contributed by atoms with van der Waals surface area (Å²) in [5.74, 6) is 0.615. The van der Waals surface area contributed by atoms with Gasteiger partial charge in [0, 0.05) is 17.0 Å². The predicted molar refractivity (Wildman–Crippen MR) is 77.9 cm³/mol. The summed E-state index contributed by atoms with van der Waals surface area (Å²) in [7, 11) is 0. The van der Waals surface area contributed by atoms with E-state index in [-0.39, 0.29) is 0 Å². The Kier molecular flexibility index (Phi) is 3.81. The van der Waals surface area contributed by atoms with E-state index in [1.807, 2.05) is 6.92 Å². The van der Waals surface area contributed by atoms with Crippen LogP contribution in [0.5, 0.6) is 0 Å². The highest BCUT2D eigenvalue weighted by Crippen LogP contribution is 2.27. The highest BCUT2D eigenvalue weighted by Gasteiger charge is 2.07. The topological polar surface area (TPSA) is 12.9 Å². The van der Waals surface area contributed by atoms with Gasteiger partial charge in [-0.15, -0.1) is 0 Å². The van der Waals surface area contributed by atoms with Gasteiger partial charge in [-0.3, -0.25) is 4.98 Å². The van der Waals surface area contributed by atoms with Gasteiger partial charge in [-0.1, -0.05) is 44.2 Å². The summed E-state index contributed by atoms with van der Waals surface area (Å²) in [5, 5.41) is 0. The summed E-state index contributed by atoms with van der Waals surface area (Å²) in [5.41, 5.74) is 6.11. The molecule has 0 bridgehead atoms. The number of nitrogens with zero attached hydrogens (tertiary/aromatic N) is 1. The molecule has 1 aromatic heterocycles. The van der Waals surface area contributed by atoms with Gasteiger partial charge in [-0.05, 0) is 43.4 Å². The third-order valence-corrected chi connectivity index (χ3v) is 3.60. The number of hydrogen-bond acceptors (Lipinski definition) is 1. The fourth-order valence-electron chi connectivity index (χ4n) is 2.24. The minimum Gasteiger partial charge on any atom is -0.258 e. The van der Waals surface area contributed by atoms with E-state index in [9.17, 15) is 0 Å². The summed E-state index contributed by atoms with van der Waals surface area (Å²) >= 11 is 0. The van der Waals surface area contributed by atoms with Crippen molar-refractivity contribution in [1.29, 1.82) is 0 Å². The quantitative estimate of drug-likeness (QED) is 0.744. The molecule has 1 heteroatoms. The molecule has 0 saturated carbocycles. The molecule has 0 radical (unpaired) electrons. The summed E-state index contributed by atoms with van der Waals surface area (Å²) in [6, 6.07) is 13.1. The van der Waals surface area contributed by atoms with E-state index in [4.69, 9.17) is 0 Å². The lowest BCUT2D eigenvalue weighted by Crippen LogP contribution is -1.94. The van der Waals surface area contributed by atoms with Crippen LogP contribution >= 0.6 is 0 Å². The van der Waals surface area contributed by atoms with Gasteiger partial charge in [-0.25, -0.2) is 0 Å². The lowest BCUT2D eigenvalue weighted by molar-refractivity contribution is 0.734. The van der Waals surface area contributed by atoms with E-state index in [2.05, 4.69) is 62.2 Å². The maximum absolute atomic E-state index is 4.54. The molecule has 1 nitrogen and oxygen atoms in total. The Bertz CT molecular complexity index is 543. The van der Waals surface area contributed by atoms with E-state index in [1.165, 1.54) is 23.1 Å². The largest absolute Gasteiger partial charge is 0.258 e. The van der Waals surface area contributed by atoms with E-state index in [0.29, 0.717) is 5.92 Å². The molecule has 1 unspecified atom stereocenters. The van der Waals surface area contributed by atoms with Crippen LogP contribution in [0.25, 0.3) is 11.1 Å². The molecule has 94 valence electrons. The molecule has 1 atom stereocenters. The highest BCUT2D eigenvalue weighted by atomic mass is 14.7. The molecule has 0 aliphatic heterocycles. The van der Waals surface area contributed by atoms with Crippen molar-refractivity contribution in [2.75, 3.05) is 0 Å². The molecule has 0 amide bonds. The Balaban J connectivity index is 2.44. The predicted octanol–water partition coefficient (Wildman–Crippen LogP) is 4.88. The van der Waals surface area contributed by atoms with Crippen molar-refractivity contribution in [3.05, 3.63) is 53.3 Å². The van der Waals surface area contributed by atoms with Crippen LogP contribution in [-0.2, 0) is 0 Å². The average Bonchev–Trinajstić information content (AvgIpc) is 2.38. The normalized spacial score (nSPS) is 12.4. The summed E-state index contributed by atoms with van der Waals surface area (Å²) < 4.78 is 0. The van der Waals surface area contributed by atoms with Crippen LogP contribution in [0.3, 0.4) is 0 Å². The van der Waals surface area contributed by atoms with Gasteiger partial charge in [0.15, 0.2) is 0 Å². The van der Waals surface area contributed by atoms with Crippen molar-refractivity contribution in [1.82, 2.24) is 4.98 Å². The van der Waals surface area contributed by atoms with Gasteiger partial charge in [0.25, 0.3) is 0 Å². The summed E-state index contributed by atoms with van der Waals surface area (Å²) in [4.78, 5) is 4.54. The number of aromatic nitrogens is 1.